The summed E-state index contributed by atoms with van der Waals surface area (Å²) >= 11 is 0. The van der Waals surface area contributed by atoms with Gasteiger partial charge in [-0.25, -0.2) is 4.79 Å². The normalized spacial score (nSPS) is 19.4. The number of aliphatic hydroxyl groups excluding tert-OH is 1. The van der Waals surface area contributed by atoms with Crippen molar-refractivity contribution in [2.24, 2.45) is 0 Å². The van der Waals surface area contributed by atoms with Crippen molar-refractivity contribution in [3.05, 3.63) is 34.8 Å². The number of carboxylic acid groups (broad SMARTS) is 1. The summed E-state index contributed by atoms with van der Waals surface area (Å²) < 4.78 is 16.9. The number of aromatic carboxylic acids is 1. The molecule has 1 aromatic carbocycles. The van der Waals surface area contributed by atoms with Gasteiger partial charge in [-0.3, -0.25) is 0 Å². The molecule has 0 spiro atoms. The third kappa shape index (κ3) is 3.48. The van der Waals surface area contributed by atoms with E-state index in [-0.39, 0.29) is 17.9 Å². The molecule has 1 aliphatic heterocycles. The van der Waals surface area contributed by atoms with Gasteiger partial charge in [0.25, 0.3) is 0 Å². The van der Waals surface area contributed by atoms with Crippen molar-refractivity contribution < 1.29 is 29.1 Å². The lowest BCUT2D eigenvalue weighted by Crippen LogP contribution is -2.41. The summed E-state index contributed by atoms with van der Waals surface area (Å²) in [5.41, 5.74) is 0.162. The zero-order valence-corrected chi connectivity index (χ0v) is 14.6. The number of hydrogen-bond acceptors (Lipinski definition) is 5. The van der Waals surface area contributed by atoms with Crippen LogP contribution in [-0.2, 0) is 9.31 Å². The number of carbonyl (C=O) groups is 1. The molecule has 0 aromatic heterocycles. The number of benzene rings is 1. The second-order valence-corrected chi connectivity index (χ2v) is 6.73. The van der Waals surface area contributed by atoms with Crippen molar-refractivity contribution >= 4 is 19.2 Å². The summed E-state index contributed by atoms with van der Waals surface area (Å²) in [6.07, 6.45) is 1.67. The highest BCUT2D eigenvalue weighted by molar-refractivity contribution is 6.55. The molecule has 2 rings (SSSR count). The zero-order chi connectivity index (χ0) is 18.1. The summed E-state index contributed by atoms with van der Waals surface area (Å²) in [5, 5.41) is 19.0. The standard InChI is InChI=1S/C17H23BO6/c1-16(2)17(3,4)24-18(23-16)12(10-19)8-11-6-7-14(22-5)13(9-11)15(20)21/h6-9,19H,10H2,1-5H3,(H,20,21). The summed E-state index contributed by atoms with van der Waals surface area (Å²) in [5.74, 6) is -0.802. The Labute approximate surface area is 142 Å². The van der Waals surface area contributed by atoms with E-state index in [2.05, 4.69) is 0 Å². The minimum absolute atomic E-state index is 0.0532. The first kappa shape index (κ1) is 18.5. The molecule has 0 saturated carbocycles. The molecule has 1 saturated heterocycles. The molecule has 0 bridgehead atoms. The highest BCUT2D eigenvalue weighted by atomic mass is 16.7. The Morgan fingerprint density at radius 2 is 1.83 bits per heavy atom. The Hall–Kier alpha value is -1.83. The zero-order valence-electron chi connectivity index (χ0n) is 14.6. The molecule has 2 N–H and O–H groups in total. The number of carboxylic acids is 1. The minimum Gasteiger partial charge on any atom is -0.496 e. The number of methoxy groups -OCH3 is 1. The van der Waals surface area contributed by atoms with Gasteiger partial charge in [-0.1, -0.05) is 12.1 Å². The van der Waals surface area contributed by atoms with Crippen LogP contribution in [0.15, 0.2) is 23.7 Å². The van der Waals surface area contributed by atoms with E-state index < -0.39 is 24.3 Å². The quantitative estimate of drug-likeness (QED) is 0.805. The summed E-state index contributed by atoms with van der Waals surface area (Å²) in [6, 6.07) is 4.78. The third-order valence-electron chi connectivity index (χ3n) is 4.54. The maximum absolute atomic E-state index is 11.3. The van der Waals surface area contributed by atoms with E-state index in [4.69, 9.17) is 14.0 Å². The van der Waals surface area contributed by atoms with Crippen LogP contribution in [0.25, 0.3) is 6.08 Å². The first-order chi connectivity index (χ1) is 11.1. The van der Waals surface area contributed by atoms with E-state index in [1.54, 1.807) is 18.2 Å². The highest BCUT2D eigenvalue weighted by Crippen LogP contribution is 2.38. The molecule has 24 heavy (non-hydrogen) atoms. The van der Waals surface area contributed by atoms with Crippen LogP contribution in [0.3, 0.4) is 0 Å². The van der Waals surface area contributed by atoms with E-state index in [1.165, 1.54) is 13.2 Å². The average molecular weight is 334 g/mol. The second-order valence-electron chi connectivity index (χ2n) is 6.73. The molecule has 0 unspecified atom stereocenters. The molecule has 6 nitrogen and oxygen atoms in total. The Bertz CT molecular complexity index is 649. The molecular formula is C17H23BO6. The van der Waals surface area contributed by atoms with Crippen molar-refractivity contribution in [2.75, 3.05) is 13.7 Å². The SMILES string of the molecule is COc1ccc(C=C(CO)B2OC(C)(C)C(C)(C)O2)cc1C(=O)O. The lowest BCUT2D eigenvalue weighted by Gasteiger charge is -2.32. The van der Waals surface area contributed by atoms with Crippen molar-refractivity contribution in [1.82, 2.24) is 0 Å². The van der Waals surface area contributed by atoms with E-state index >= 15 is 0 Å². The van der Waals surface area contributed by atoms with Crippen LogP contribution < -0.4 is 4.74 Å². The highest BCUT2D eigenvalue weighted by Gasteiger charge is 2.52. The van der Waals surface area contributed by atoms with Crippen LogP contribution in [0, 0.1) is 0 Å². The Balaban J connectivity index is 2.35. The number of hydrogen-bond donors (Lipinski definition) is 2. The molecule has 0 amide bonds. The lowest BCUT2D eigenvalue weighted by molar-refractivity contribution is 0.00578. The first-order valence-corrected chi connectivity index (χ1v) is 7.69. The van der Waals surface area contributed by atoms with Crippen LogP contribution in [0.1, 0.15) is 43.6 Å². The molecule has 1 aliphatic rings. The fraction of sp³-hybridized carbons (Fsp3) is 0.471. The van der Waals surface area contributed by atoms with Crippen LogP contribution in [0.2, 0.25) is 0 Å². The van der Waals surface area contributed by atoms with Gasteiger partial charge in [0.15, 0.2) is 0 Å². The minimum atomic E-state index is -1.08. The van der Waals surface area contributed by atoms with E-state index in [0.29, 0.717) is 11.0 Å². The number of aliphatic hydroxyl groups is 1. The first-order valence-electron chi connectivity index (χ1n) is 7.69. The Morgan fingerprint density at radius 3 is 2.29 bits per heavy atom. The van der Waals surface area contributed by atoms with Crippen LogP contribution in [0.5, 0.6) is 5.75 Å². The predicted octanol–water partition coefficient (Wildman–Crippen LogP) is 2.40. The van der Waals surface area contributed by atoms with Crippen molar-refractivity contribution in [1.29, 1.82) is 0 Å². The fourth-order valence-electron chi connectivity index (χ4n) is 2.38. The monoisotopic (exact) mass is 334 g/mol. The van der Waals surface area contributed by atoms with Crippen LogP contribution in [0.4, 0.5) is 0 Å². The van der Waals surface area contributed by atoms with Gasteiger partial charge in [0.05, 0.1) is 24.9 Å². The van der Waals surface area contributed by atoms with Gasteiger partial charge in [-0.2, -0.15) is 0 Å². The van der Waals surface area contributed by atoms with Gasteiger partial charge in [-0.05, 0) is 50.9 Å². The maximum atomic E-state index is 11.3. The fourth-order valence-corrected chi connectivity index (χ4v) is 2.38. The topological polar surface area (TPSA) is 85.2 Å². The third-order valence-corrected chi connectivity index (χ3v) is 4.54. The smallest absolute Gasteiger partial charge is 0.492 e. The maximum Gasteiger partial charge on any atom is 0.492 e. The molecule has 0 aliphatic carbocycles. The van der Waals surface area contributed by atoms with Gasteiger partial charge in [-0.15, -0.1) is 0 Å². The average Bonchev–Trinajstić information content (AvgIpc) is 2.72. The molecule has 7 heteroatoms. The van der Waals surface area contributed by atoms with Crippen LogP contribution in [-0.4, -0.2) is 48.2 Å². The number of rotatable bonds is 5. The van der Waals surface area contributed by atoms with Gasteiger partial charge in [0.2, 0.25) is 0 Å². The predicted molar refractivity (Wildman–Crippen MR) is 91.1 cm³/mol. The number of ether oxygens (including phenoxy) is 1. The summed E-state index contributed by atoms with van der Waals surface area (Å²) in [7, 11) is 0.733. The van der Waals surface area contributed by atoms with Gasteiger partial charge in [0, 0.05) is 0 Å². The van der Waals surface area contributed by atoms with Gasteiger partial charge >= 0.3 is 13.1 Å². The van der Waals surface area contributed by atoms with E-state index in [1.807, 2.05) is 27.7 Å². The van der Waals surface area contributed by atoms with Crippen molar-refractivity contribution in [2.45, 2.75) is 38.9 Å². The molecule has 1 fully saturated rings. The van der Waals surface area contributed by atoms with Crippen molar-refractivity contribution in [3.63, 3.8) is 0 Å². The largest absolute Gasteiger partial charge is 0.496 e. The molecule has 130 valence electrons. The molecule has 1 heterocycles. The lowest BCUT2D eigenvalue weighted by atomic mass is 9.77. The second kappa shape index (κ2) is 6.59. The molecule has 0 atom stereocenters. The molecule has 1 aromatic rings. The van der Waals surface area contributed by atoms with E-state index in [0.717, 1.165) is 0 Å². The van der Waals surface area contributed by atoms with Gasteiger partial charge in [0.1, 0.15) is 11.3 Å². The Morgan fingerprint density at radius 1 is 1.25 bits per heavy atom. The van der Waals surface area contributed by atoms with E-state index in [9.17, 15) is 15.0 Å². The summed E-state index contributed by atoms with van der Waals surface area (Å²) in [4.78, 5) is 11.3. The van der Waals surface area contributed by atoms with Crippen LogP contribution >= 0.6 is 0 Å². The summed E-state index contributed by atoms with van der Waals surface area (Å²) in [6.45, 7) is 7.46. The molecular weight excluding hydrogens is 311 g/mol. The van der Waals surface area contributed by atoms with Crippen molar-refractivity contribution in [3.8, 4) is 5.75 Å². The van der Waals surface area contributed by atoms with Gasteiger partial charge < -0.3 is 24.3 Å². The Kier molecular flexibility index (Phi) is 5.08. The molecule has 0 radical (unpaired) electrons.